The topological polar surface area (TPSA) is 53.6 Å². The Bertz CT molecular complexity index is 415. The highest BCUT2D eigenvalue weighted by atomic mass is 15.3. The van der Waals surface area contributed by atoms with Crippen LogP contribution in [0.25, 0.3) is 0 Å². The number of likely N-dealkylation sites (tertiary alicyclic amines) is 1. The second kappa shape index (κ2) is 4.37. The highest BCUT2D eigenvalue weighted by Crippen LogP contribution is 2.26. The number of nitrogens with zero attached hydrogens (tertiary/aromatic N) is 2. The molecule has 0 radical (unpaired) electrons. The van der Waals surface area contributed by atoms with E-state index in [9.17, 15) is 0 Å². The summed E-state index contributed by atoms with van der Waals surface area (Å²) in [6.07, 6.45) is 0. The van der Waals surface area contributed by atoms with Gasteiger partial charge in [-0.15, -0.1) is 0 Å². The fourth-order valence-corrected chi connectivity index (χ4v) is 2.65. The molecule has 0 aliphatic carbocycles. The van der Waals surface area contributed by atoms with E-state index in [-0.39, 0.29) is 6.04 Å². The van der Waals surface area contributed by atoms with Gasteiger partial charge in [0.2, 0.25) is 0 Å². The van der Waals surface area contributed by atoms with Crippen molar-refractivity contribution in [1.29, 1.82) is 0 Å². The van der Waals surface area contributed by atoms with Gasteiger partial charge in [0.25, 0.3) is 0 Å². The molecule has 0 spiro atoms. The zero-order valence-electron chi connectivity index (χ0n) is 9.84. The summed E-state index contributed by atoms with van der Waals surface area (Å²) in [6.45, 7) is 3.70. The van der Waals surface area contributed by atoms with E-state index in [0.717, 1.165) is 32.1 Å². The average molecular weight is 230 g/mol. The van der Waals surface area contributed by atoms with Crippen LogP contribution in [0.2, 0.25) is 0 Å². The van der Waals surface area contributed by atoms with Crippen LogP contribution in [0, 0.1) is 0 Å². The van der Waals surface area contributed by atoms with Crippen molar-refractivity contribution >= 4 is 5.96 Å². The SMILES string of the molecule is N[C@@H]1CN(C2=NCCN2)C[C@H]1c1ccccc1. The maximum Gasteiger partial charge on any atom is 0.194 e. The number of guanidine groups is 1. The molecule has 17 heavy (non-hydrogen) atoms. The third kappa shape index (κ3) is 2.00. The van der Waals surface area contributed by atoms with Gasteiger partial charge < -0.3 is 16.0 Å². The Morgan fingerprint density at radius 2 is 2.06 bits per heavy atom. The third-order valence-electron chi connectivity index (χ3n) is 3.55. The minimum absolute atomic E-state index is 0.197. The van der Waals surface area contributed by atoms with Crippen molar-refractivity contribution in [2.45, 2.75) is 12.0 Å². The molecule has 2 aliphatic rings. The molecule has 0 bridgehead atoms. The molecule has 1 aromatic carbocycles. The van der Waals surface area contributed by atoms with Crippen LogP contribution in [0.4, 0.5) is 0 Å². The first-order valence-electron chi connectivity index (χ1n) is 6.18. The normalized spacial score (nSPS) is 28.1. The maximum absolute atomic E-state index is 6.24. The summed E-state index contributed by atoms with van der Waals surface area (Å²) < 4.78 is 0. The van der Waals surface area contributed by atoms with Crippen molar-refractivity contribution in [3.8, 4) is 0 Å². The van der Waals surface area contributed by atoms with Crippen LogP contribution in [-0.4, -0.2) is 43.1 Å². The molecule has 1 saturated heterocycles. The number of hydrogen-bond acceptors (Lipinski definition) is 4. The summed E-state index contributed by atoms with van der Waals surface area (Å²) in [5.41, 5.74) is 7.58. The van der Waals surface area contributed by atoms with Crippen LogP contribution in [0.5, 0.6) is 0 Å². The van der Waals surface area contributed by atoms with Crippen molar-refractivity contribution in [2.24, 2.45) is 10.7 Å². The molecule has 0 aromatic heterocycles. The number of nitrogens with one attached hydrogen (secondary N) is 1. The van der Waals surface area contributed by atoms with Gasteiger partial charge in [-0.3, -0.25) is 4.99 Å². The third-order valence-corrected chi connectivity index (χ3v) is 3.55. The Hall–Kier alpha value is -1.55. The van der Waals surface area contributed by atoms with Crippen molar-refractivity contribution in [1.82, 2.24) is 10.2 Å². The quantitative estimate of drug-likeness (QED) is 0.733. The zero-order valence-corrected chi connectivity index (χ0v) is 9.84. The maximum atomic E-state index is 6.24. The smallest absolute Gasteiger partial charge is 0.194 e. The fourth-order valence-electron chi connectivity index (χ4n) is 2.65. The van der Waals surface area contributed by atoms with Gasteiger partial charge in [0.1, 0.15) is 0 Å². The number of nitrogens with two attached hydrogens (primary N) is 1. The molecule has 2 aliphatic heterocycles. The van der Waals surface area contributed by atoms with E-state index >= 15 is 0 Å². The highest BCUT2D eigenvalue weighted by Gasteiger charge is 2.33. The molecule has 1 aromatic rings. The monoisotopic (exact) mass is 230 g/mol. The lowest BCUT2D eigenvalue weighted by Gasteiger charge is -2.18. The second-order valence-corrected chi connectivity index (χ2v) is 4.72. The number of benzene rings is 1. The van der Waals surface area contributed by atoms with Crippen LogP contribution in [0.1, 0.15) is 11.5 Å². The predicted molar refractivity (Wildman–Crippen MR) is 69.0 cm³/mol. The number of hydrogen-bond donors (Lipinski definition) is 2. The Balaban J connectivity index is 1.76. The molecule has 1 fully saturated rings. The molecule has 3 rings (SSSR count). The second-order valence-electron chi connectivity index (χ2n) is 4.72. The molecule has 3 N–H and O–H groups in total. The van der Waals surface area contributed by atoms with E-state index in [2.05, 4.69) is 39.5 Å². The van der Waals surface area contributed by atoms with Crippen molar-refractivity contribution in [3.05, 3.63) is 35.9 Å². The van der Waals surface area contributed by atoms with Crippen LogP contribution >= 0.6 is 0 Å². The standard InChI is InChI=1S/C13H18N4/c14-12-9-17(13-15-6-7-16-13)8-11(12)10-4-2-1-3-5-10/h1-5,11-12H,6-9,14H2,(H,15,16)/t11-,12+/m0/s1. The molecular weight excluding hydrogens is 212 g/mol. The minimum atomic E-state index is 0.197. The number of rotatable bonds is 1. The molecule has 2 heterocycles. The van der Waals surface area contributed by atoms with Gasteiger partial charge in [0.15, 0.2) is 5.96 Å². The summed E-state index contributed by atoms with van der Waals surface area (Å²) >= 11 is 0. The fraction of sp³-hybridized carbons (Fsp3) is 0.462. The van der Waals surface area contributed by atoms with Gasteiger partial charge in [-0.1, -0.05) is 30.3 Å². The summed E-state index contributed by atoms with van der Waals surface area (Å²) in [6, 6.07) is 10.7. The molecule has 4 heteroatoms. The number of aliphatic imine (C=N–C) groups is 1. The predicted octanol–water partition coefficient (Wildman–Crippen LogP) is 0.372. The largest absolute Gasteiger partial charge is 0.354 e. The van der Waals surface area contributed by atoms with Gasteiger partial charge in [0, 0.05) is 31.6 Å². The van der Waals surface area contributed by atoms with E-state index in [1.807, 2.05) is 6.07 Å². The van der Waals surface area contributed by atoms with Crippen LogP contribution < -0.4 is 11.1 Å². The molecular formula is C13H18N4. The lowest BCUT2D eigenvalue weighted by atomic mass is 9.95. The minimum Gasteiger partial charge on any atom is -0.354 e. The average Bonchev–Trinajstić information content (AvgIpc) is 2.99. The van der Waals surface area contributed by atoms with Gasteiger partial charge in [-0.25, -0.2) is 0 Å². The molecule has 2 atom stereocenters. The van der Waals surface area contributed by atoms with Crippen LogP contribution in [0.15, 0.2) is 35.3 Å². The zero-order chi connectivity index (χ0) is 11.7. The first-order chi connectivity index (χ1) is 8.34. The molecule has 0 unspecified atom stereocenters. The highest BCUT2D eigenvalue weighted by molar-refractivity contribution is 5.81. The van der Waals surface area contributed by atoms with E-state index in [4.69, 9.17) is 5.73 Å². The van der Waals surface area contributed by atoms with E-state index < -0.39 is 0 Å². The van der Waals surface area contributed by atoms with E-state index in [0.29, 0.717) is 5.92 Å². The van der Waals surface area contributed by atoms with E-state index in [1.165, 1.54) is 5.56 Å². The van der Waals surface area contributed by atoms with Gasteiger partial charge in [-0.2, -0.15) is 0 Å². The first-order valence-corrected chi connectivity index (χ1v) is 6.18. The Morgan fingerprint density at radius 1 is 1.24 bits per heavy atom. The molecule has 4 nitrogen and oxygen atoms in total. The lowest BCUT2D eigenvalue weighted by molar-refractivity contribution is 0.492. The van der Waals surface area contributed by atoms with E-state index in [1.54, 1.807) is 0 Å². The summed E-state index contributed by atoms with van der Waals surface area (Å²) in [7, 11) is 0. The Kier molecular flexibility index (Phi) is 2.73. The first kappa shape index (κ1) is 10.6. The summed E-state index contributed by atoms with van der Waals surface area (Å²) in [5, 5.41) is 3.31. The summed E-state index contributed by atoms with van der Waals surface area (Å²) in [5.74, 6) is 1.44. The molecule has 90 valence electrons. The molecule has 0 saturated carbocycles. The van der Waals surface area contributed by atoms with Crippen molar-refractivity contribution < 1.29 is 0 Å². The Morgan fingerprint density at radius 3 is 2.76 bits per heavy atom. The van der Waals surface area contributed by atoms with Crippen molar-refractivity contribution in [2.75, 3.05) is 26.2 Å². The summed E-state index contributed by atoms with van der Waals surface area (Å²) in [4.78, 5) is 6.73. The van der Waals surface area contributed by atoms with Gasteiger partial charge in [-0.05, 0) is 5.56 Å². The van der Waals surface area contributed by atoms with Crippen LogP contribution in [-0.2, 0) is 0 Å². The lowest BCUT2D eigenvalue weighted by Crippen LogP contribution is -2.38. The molecule has 0 amide bonds. The van der Waals surface area contributed by atoms with Crippen LogP contribution in [0.3, 0.4) is 0 Å². The van der Waals surface area contributed by atoms with Gasteiger partial charge >= 0.3 is 0 Å². The Labute approximate surface area is 102 Å². The van der Waals surface area contributed by atoms with Crippen molar-refractivity contribution in [3.63, 3.8) is 0 Å². The van der Waals surface area contributed by atoms with Gasteiger partial charge in [0.05, 0.1) is 6.54 Å².